The molecule has 1 aliphatic heterocycles. The summed E-state index contributed by atoms with van der Waals surface area (Å²) >= 11 is 0. The third-order valence-electron chi connectivity index (χ3n) is 3.90. The zero-order chi connectivity index (χ0) is 15.8. The van der Waals surface area contributed by atoms with Crippen molar-refractivity contribution in [3.8, 4) is 0 Å². The second kappa shape index (κ2) is 5.66. The molecule has 0 aromatic carbocycles. The SMILES string of the molecule is CC1CC2CC(OC2=O)C1OC(=O)COC(=O)C(C)(C)C. The van der Waals surface area contributed by atoms with E-state index in [1.165, 1.54) is 0 Å². The van der Waals surface area contributed by atoms with Gasteiger partial charge in [-0.3, -0.25) is 9.59 Å². The molecule has 21 heavy (non-hydrogen) atoms. The molecule has 0 aromatic rings. The Morgan fingerprint density at radius 3 is 2.57 bits per heavy atom. The molecule has 0 aromatic heterocycles. The molecule has 0 N–H and O–H groups in total. The van der Waals surface area contributed by atoms with E-state index in [9.17, 15) is 14.4 Å². The van der Waals surface area contributed by atoms with Crippen molar-refractivity contribution in [2.24, 2.45) is 17.3 Å². The number of carbonyl (C=O) groups is 3. The van der Waals surface area contributed by atoms with Crippen molar-refractivity contribution in [2.75, 3.05) is 6.61 Å². The van der Waals surface area contributed by atoms with Crippen molar-refractivity contribution in [1.82, 2.24) is 0 Å². The van der Waals surface area contributed by atoms with Crippen molar-refractivity contribution in [1.29, 1.82) is 0 Å². The molecule has 118 valence electrons. The summed E-state index contributed by atoms with van der Waals surface area (Å²) in [7, 11) is 0. The van der Waals surface area contributed by atoms with Crippen LogP contribution in [-0.4, -0.2) is 36.7 Å². The first kappa shape index (κ1) is 15.8. The third-order valence-corrected chi connectivity index (χ3v) is 3.90. The van der Waals surface area contributed by atoms with Crippen LogP contribution in [0, 0.1) is 17.3 Å². The zero-order valence-electron chi connectivity index (χ0n) is 12.9. The van der Waals surface area contributed by atoms with Crippen LogP contribution in [0.15, 0.2) is 0 Å². The van der Waals surface area contributed by atoms with Gasteiger partial charge < -0.3 is 14.2 Å². The van der Waals surface area contributed by atoms with Crippen molar-refractivity contribution in [2.45, 2.75) is 52.7 Å². The van der Waals surface area contributed by atoms with Crippen LogP contribution in [0.1, 0.15) is 40.5 Å². The summed E-state index contributed by atoms with van der Waals surface area (Å²) in [6.07, 6.45) is 0.444. The summed E-state index contributed by atoms with van der Waals surface area (Å²) in [5.41, 5.74) is -0.660. The highest BCUT2D eigenvalue weighted by Crippen LogP contribution is 2.39. The minimum atomic E-state index is -0.660. The van der Waals surface area contributed by atoms with Gasteiger partial charge in [0.1, 0.15) is 12.2 Å². The van der Waals surface area contributed by atoms with Crippen LogP contribution in [0.25, 0.3) is 0 Å². The Morgan fingerprint density at radius 1 is 1.29 bits per heavy atom. The first-order valence-electron chi connectivity index (χ1n) is 7.25. The summed E-state index contributed by atoms with van der Waals surface area (Å²) in [5, 5.41) is 0. The van der Waals surface area contributed by atoms with Gasteiger partial charge in [-0.25, -0.2) is 4.79 Å². The molecule has 0 amide bonds. The van der Waals surface area contributed by atoms with Gasteiger partial charge in [0.05, 0.1) is 11.3 Å². The Hall–Kier alpha value is -1.59. The van der Waals surface area contributed by atoms with Gasteiger partial charge in [-0.15, -0.1) is 0 Å². The third kappa shape index (κ3) is 3.54. The van der Waals surface area contributed by atoms with Crippen LogP contribution in [0.4, 0.5) is 0 Å². The highest BCUT2D eigenvalue weighted by molar-refractivity contribution is 5.79. The van der Waals surface area contributed by atoms with Gasteiger partial charge in [0.2, 0.25) is 0 Å². The minimum Gasteiger partial charge on any atom is -0.458 e. The first-order valence-corrected chi connectivity index (χ1v) is 7.25. The number of esters is 3. The van der Waals surface area contributed by atoms with E-state index in [2.05, 4.69) is 0 Å². The largest absolute Gasteiger partial charge is 0.458 e. The summed E-state index contributed by atoms with van der Waals surface area (Å²) < 4.78 is 15.5. The normalized spacial score (nSPS) is 31.5. The summed E-state index contributed by atoms with van der Waals surface area (Å²) in [5.74, 6) is -1.28. The molecule has 1 saturated carbocycles. The molecular formula is C15H22O6. The van der Waals surface area contributed by atoms with Gasteiger partial charge in [-0.2, -0.15) is 0 Å². The number of carbonyl (C=O) groups excluding carboxylic acids is 3. The molecular weight excluding hydrogens is 276 g/mol. The Kier molecular flexibility index (Phi) is 4.25. The van der Waals surface area contributed by atoms with E-state index in [4.69, 9.17) is 14.2 Å². The smallest absolute Gasteiger partial charge is 0.344 e. The van der Waals surface area contributed by atoms with E-state index in [-0.39, 0.29) is 23.9 Å². The van der Waals surface area contributed by atoms with Crippen LogP contribution in [0.2, 0.25) is 0 Å². The van der Waals surface area contributed by atoms with Crippen molar-refractivity contribution in [3.63, 3.8) is 0 Å². The maximum Gasteiger partial charge on any atom is 0.344 e. The van der Waals surface area contributed by atoms with Crippen molar-refractivity contribution < 1.29 is 28.6 Å². The lowest BCUT2D eigenvalue weighted by Crippen LogP contribution is -2.40. The number of ether oxygens (including phenoxy) is 3. The maximum absolute atomic E-state index is 11.8. The van der Waals surface area contributed by atoms with E-state index in [1.54, 1.807) is 20.8 Å². The van der Waals surface area contributed by atoms with E-state index in [1.807, 2.05) is 6.92 Å². The van der Waals surface area contributed by atoms with Gasteiger partial charge in [0.25, 0.3) is 0 Å². The molecule has 4 atom stereocenters. The Balaban J connectivity index is 1.85. The van der Waals surface area contributed by atoms with Gasteiger partial charge in [-0.05, 0) is 33.1 Å². The fourth-order valence-corrected chi connectivity index (χ4v) is 2.73. The molecule has 2 aliphatic rings. The monoisotopic (exact) mass is 298 g/mol. The Bertz CT molecular complexity index is 450. The predicted molar refractivity (Wildman–Crippen MR) is 72.1 cm³/mol. The molecule has 1 saturated heterocycles. The van der Waals surface area contributed by atoms with E-state index in [0.29, 0.717) is 12.8 Å². The van der Waals surface area contributed by atoms with E-state index in [0.717, 1.165) is 0 Å². The average molecular weight is 298 g/mol. The van der Waals surface area contributed by atoms with Crippen LogP contribution in [0.3, 0.4) is 0 Å². The molecule has 0 radical (unpaired) electrons. The molecule has 4 unspecified atom stereocenters. The highest BCUT2D eigenvalue weighted by atomic mass is 16.6. The standard InChI is InChI=1S/C15H22O6/c1-8-5-9-6-10(20-13(9)17)12(8)21-11(16)7-19-14(18)15(2,3)4/h8-10,12H,5-7H2,1-4H3. The highest BCUT2D eigenvalue weighted by Gasteiger charge is 2.48. The molecule has 6 heteroatoms. The van der Waals surface area contributed by atoms with Crippen LogP contribution >= 0.6 is 0 Å². The number of hydrogen-bond acceptors (Lipinski definition) is 6. The molecule has 1 aliphatic carbocycles. The summed E-state index contributed by atoms with van der Waals surface area (Å²) in [6.45, 7) is 6.65. The predicted octanol–water partition coefficient (Wildman–Crippen LogP) is 1.46. The Morgan fingerprint density at radius 2 is 1.95 bits per heavy atom. The second-order valence-electron chi connectivity index (χ2n) is 6.90. The van der Waals surface area contributed by atoms with Crippen LogP contribution < -0.4 is 0 Å². The van der Waals surface area contributed by atoms with Gasteiger partial charge in [0, 0.05) is 6.42 Å². The zero-order valence-corrected chi connectivity index (χ0v) is 12.9. The van der Waals surface area contributed by atoms with Crippen molar-refractivity contribution >= 4 is 17.9 Å². The number of rotatable bonds is 3. The minimum absolute atomic E-state index is 0.0578. The first-order chi connectivity index (χ1) is 9.68. The van der Waals surface area contributed by atoms with Crippen molar-refractivity contribution in [3.05, 3.63) is 0 Å². The molecule has 2 rings (SSSR count). The van der Waals surface area contributed by atoms with Gasteiger partial charge in [0.15, 0.2) is 6.61 Å². The maximum atomic E-state index is 11.8. The van der Waals surface area contributed by atoms with Gasteiger partial charge in [-0.1, -0.05) is 6.92 Å². The fraction of sp³-hybridized carbons (Fsp3) is 0.800. The lowest BCUT2D eigenvalue weighted by molar-refractivity contribution is -0.174. The second-order valence-corrected chi connectivity index (χ2v) is 6.90. The quantitative estimate of drug-likeness (QED) is 0.580. The number of fused-ring (bicyclic) bond motifs is 2. The van der Waals surface area contributed by atoms with E-state index < -0.39 is 30.1 Å². The molecule has 2 bridgehead atoms. The Labute approximate surface area is 124 Å². The molecule has 6 nitrogen and oxygen atoms in total. The lowest BCUT2D eigenvalue weighted by atomic mass is 9.81. The average Bonchev–Trinajstić information content (AvgIpc) is 2.67. The van der Waals surface area contributed by atoms with Gasteiger partial charge >= 0.3 is 17.9 Å². The topological polar surface area (TPSA) is 78.9 Å². The molecule has 0 spiro atoms. The molecule has 1 heterocycles. The summed E-state index contributed by atoms with van der Waals surface area (Å²) in [6, 6.07) is 0. The van der Waals surface area contributed by atoms with E-state index >= 15 is 0 Å². The summed E-state index contributed by atoms with van der Waals surface area (Å²) in [4.78, 5) is 34.9. The number of hydrogen-bond donors (Lipinski definition) is 0. The fourth-order valence-electron chi connectivity index (χ4n) is 2.73. The molecule has 2 fully saturated rings. The van der Waals surface area contributed by atoms with Crippen LogP contribution in [0.5, 0.6) is 0 Å². The van der Waals surface area contributed by atoms with Crippen LogP contribution in [-0.2, 0) is 28.6 Å². The lowest BCUT2D eigenvalue weighted by Gasteiger charge is -2.31.